The number of fused-ring (bicyclic) bond motifs is 1. The number of ether oxygens (including phenoxy) is 1. The average Bonchev–Trinajstić information content (AvgIpc) is 2.81. The second kappa shape index (κ2) is 5.44. The van der Waals surface area contributed by atoms with Crippen LogP contribution in [-0.4, -0.2) is 34.6 Å². The predicted octanol–water partition coefficient (Wildman–Crippen LogP) is 0.149. The molecule has 0 atom stereocenters. The number of nitrogens with one attached hydrogen (secondary N) is 1. The Balaban J connectivity index is 2.39. The molecule has 1 aliphatic rings. The Morgan fingerprint density at radius 1 is 1.24 bits per heavy atom. The number of benzene rings is 1. The zero-order chi connectivity index (χ0) is 18.5. The van der Waals surface area contributed by atoms with Crippen LogP contribution in [0, 0.1) is 5.82 Å². The number of halogens is 1. The number of hydrogen-bond acceptors (Lipinski definition) is 6. The molecule has 2 amide bonds. The Bertz CT molecular complexity index is 1030. The monoisotopic (exact) mass is 347 g/mol. The second-order valence-corrected chi connectivity index (χ2v) is 5.08. The molecule has 3 rings (SSSR count). The summed E-state index contributed by atoms with van der Waals surface area (Å²) in [5.41, 5.74) is 3.54. The first-order valence-electron chi connectivity index (χ1n) is 6.78. The van der Waals surface area contributed by atoms with Crippen LogP contribution in [0.3, 0.4) is 0 Å². The van der Waals surface area contributed by atoms with Gasteiger partial charge in [-0.05, 0) is 6.07 Å². The van der Waals surface area contributed by atoms with Gasteiger partial charge in [-0.1, -0.05) is 0 Å². The first kappa shape index (κ1) is 16.2. The maximum absolute atomic E-state index is 14.0. The van der Waals surface area contributed by atoms with E-state index >= 15 is 0 Å². The Hall–Kier alpha value is -3.69. The van der Waals surface area contributed by atoms with Gasteiger partial charge in [0.2, 0.25) is 0 Å². The number of imide groups is 1. The predicted molar refractivity (Wildman–Crippen MR) is 81.7 cm³/mol. The number of carbonyl (C=O) groups is 3. The molecule has 1 aromatic carbocycles. The number of aromatic carboxylic acids is 1. The van der Waals surface area contributed by atoms with Crippen molar-refractivity contribution in [1.29, 1.82) is 0 Å². The third kappa shape index (κ3) is 2.31. The largest absolute Gasteiger partial charge is 0.494 e. The van der Waals surface area contributed by atoms with Crippen LogP contribution in [-0.2, 0) is 0 Å². The molecule has 2 heterocycles. The Kier molecular flexibility index (Phi) is 3.52. The van der Waals surface area contributed by atoms with Crippen molar-refractivity contribution < 1.29 is 28.6 Å². The lowest BCUT2D eigenvalue weighted by Gasteiger charge is -2.15. The molecule has 0 saturated heterocycles. The minimum Gasteiger partial charge on any atom is -0.494 e. The summed E-state index contributed by atoms with van der Waals surface area (Å²) >= 11 is 0. The fraction of sp³-hybridized carbons (Fsp3) is 0.0667. The molecular formula is C15H10FN3O6. The smallest absolute Gasteiger partial charge is 0.337 e. The molecular weight excluding hydrogens is 337 g/mol. The number of amides is 2. The van der Waals surface area contributed by atoms with Crippen LogP contribution in [0.5, 0.6) is 5.75 Å². The number of carboxylic acids is 1. The number of nitrogens with zero attached hydrogens (tertiary/aromatic N) is 1. The van der Waals surface area contributed by atoms with Gasteiger partial charge in [-0.3, -0.25) is 24.3 Å². The van der Waals surface area contributed by atoms with Crippen LogP contribution in [0.1, 0.15) is 31.1 Å². The standard InChI is InChI=1S/C15H10FN3O6/c1-25-9-2-5(15(23)24)8(4-7(9)16)19-10(20)3-6-11(12(19)17)14(22)18-13(6)21/h2-4H,17H2,1H3,(H,23,24)(H,18,21,22). The lowest BCUT2D eigenvalue weighted by Crippen LogP contribution is -2.25. The Morgan fingerprint density at radius 2 is 1.92 bits per heavy atom. The zero-order valence-corrected chi connectivity index (χ0v) is 12.6. The number of hydrogen-bond donors (Lipinski definition) is 3. The highest BCUT2D eigenvalue weighted by Crippen LogP contribution is 2.28. The van der Waals surface area contributed by atoms with Crippen LogP contribution in [0.4, 0.5) is 10.2 Å². The minimum absolute atomic E-state index is 0.227. The van der Waals surface area contributed by atoms with E-state index in [-0.39, 0.29) is 16.9 Å². The molecule has 0 bridgehead atoms. The van der Waals surface area contributed by atoms with E-state index in [1.54, 1.807) is 0 Å². The minimum atomic E-state index is -1.47. The third-order valence-corrected chi connectivity index (χ3v) is 3.69. The van der Waals surface area contributed by atoms with E-state index in [0.29, 0.717) is 4.57 Å². The van der Waals surface area contributed by atoms with Gasteiger partial charge in [-0.2, -0.15) is 0 Å². The summed E-state index contributed by atoms with van der Waals surface area (Å²) in [4.78, 5) is 47.3. The van der Waals surface area contributed by atoms with Crippen LogP contribution in [0.2, 0.25) is 0 Å². The van der Waals surface area contributed by atoms with Gasteiger partial charge in [0.1, 0.15) is 5.82 Å². The molecule has 4 N–H and O–H groups in total. The van der Waals surface area contributed by atoms with Crippen molar-refractivity contribution in [2.45, 2.75) is 0 Å². The van der Waals surface area contributed by atoms with Crippen molar-refractivity contribution in [2.75, 3.05) is 12.8 Å². The van der Waals surface area contributed by atoms with E-state index in [4.69, 9.17) is 10.5 Å². The van der Waals surface area contributed by atoms with Crippen molar-refractivity contribution >= 4 is 23.6 Å². The van der Waals surface area contributed by atoms with Crippen molar-refractivity contribution in [3.63, 3.8) is 0 Å². The fourth-order valence-electron chi connectivity index (χ4n) is 2.58. The topological polar surface area (TPSA) is 141 Å². The highest BCUT2D eigenvalue weighted by Gasteiger charge is 2.32. The molecule has 0 saturated carbocycles. The molecule has 0 fully saturated rings. The number of nitrogens with two attached hydrogens (primary N) is 1. The van der Waals surface area contributed by atoms with Crippen molar-refractivity contribution in [2.24, 2.45) is 0 Å². The summed E-state index contributed by atoms with van der Waals surface area (Å²) in [6.07, 6.45) is 0. The van der Waals surface area contributed by atoms with E-state index in [2.05, 4.69) is 0 Å². The van der Waals surface area contributed by atoms with Crippen LogP contribution in [0.15, 0.2) is 23.0 Å². The van der Waals surface area contributed by atoms with Crippen LogP contribution < -0.4 is 21.3 Å². The van der Waals surface area contributed by atoms with Gasteiger partial charge in [0, 0.05) is 12.1 Å². The molecule has 9 nitrogen and oxygen atoms in total. The summed E-state index contributed by atoms with van der Waals surface area (Å²) < 4.78 is 19.4. The molecule has 10 heteroatoms. The molecule has 2 aromatic rings. The number of carbonyl (C=O) groups excluding carboxylic acids is 2. The second-order valence-electron chi connectivity index (χ2n) is 5.08. The molecule has 0 aliphatic carbocycles. The van der Waals surface area contributed by atoms with Gasteiger partial charge in [0.05, 0.1) is 29.5 Å². The van der Waals surface area contributed by atoms with Crippen molar-refractivity contribution in [1.82, 2.24) is 9.88 Å². The number of pyridine rings is 1. The normalized spacial score (nSPS) is 12.7. The molecule has 25 heavy (non-hydrogen) atoms. The quantitative estimate of drug-likeness (QED) is 0.671. The molecule has 0 spiro atoms. The van der Waals surface area contributed by atoms with Gasteiger partial charge >= 0.3 is 5.97 Å². The molecule has 0 radical (unpaired) electrons. The van der Waals surface area contributed by atoms with Gasteiger partial charge < -0.3 is 15.6 Å². The molecule has 1 aliphatic heterocycles. The zero-order valence-electron chi connectivity index (χ0n) is 12.6. The molecule has 128 valence electrons. The first-order chi connectivity index (χ1) is 11.8. The summed E-state index contributed by atoms with van der Waals surface area (Å²) in [5.74, 6) is -4.86. The van der Waals surface area contributed by atoms with Gasteiger partial charge in [0.15, 0.2) is 11.6 Å². The highest BCUT2D eigenvalue weighted by molar-refractivity contribution is 6.23. The number of methoxy groups -OCH3 is 1. The van der Waals surface area contributed by atoms with Crippen molar-refractivity contribution in [3.8, 4) is 11.4 Å². The van der Waals surface area contributed by atoms with E-state index in [1.165, 1.54) is 0 Å². The number of nitrogen functional groups attached to an aromatic ring is 1. The SMILES string of the molecule is COc1cc(C(=O)O)c(-n2c(N)c3c(cc2=O)C(=O)NC3=O)cc1F. The lowest BCUT2D eigenvalue weighted by molar-refractivity contribution is 0.0695. The number of carboxylic acid groups (broad SMARTS) is 1. The molecule has 0 unspecified atom stereocenters. The van der Waals surface area contributed by atoms with Gasteiger partial charge in [-0.25, -0.2) is 9.18 Å². The number of aromatic nitrogens is 1. The van der Waals surface area contributed by atoms with E-state index in [9.17, 15) is 28.7 Å². The van der Waals surface area contributed by atoms with Gasteiger partial charge in [0.25, 0.3) is 17.4 Å². The Labute approximate surface area is 138 Å². The molecule has 1 aromatic heterocycles. The van der Waals surface area contributed by atoms with Crippen LogP contribution in [0.25, 0.3) is 5.69 Å². The number of rotatable bonds is 3. The van der Waals surface area contributed by atoms with Crippen molar-refractivity contribution in [3.05, 3.63) is 51.1 Å². The number of anilines is 1. The summed E-state index contributed by atoms with van der Waals surface area (Å²) in [6.45, 7) is 0. The third-order valence-electron chi connectivity index (χ3n) is 3.69. The highest BCUT2D eigenvalue weighted by atomic mass is 19.1. The lowest BCUT2D eigenvalue weighted by atomic mass is 10.1. The maximum atomic E-state index is 14.0. The average molecular weight is 347 g/mol. The van der Waals surface area contributed by atoms with E-state index in [1.807, 2.05) is 5.32 Å². The first-order valence-corrected chi connectivity index (χ1v) is 6.78. The summed E-state index contributed by atoms with van der Waals surface area (Å²) in [5, 5.41) is 11.3. The summed E-state index contributed by atoms with van der Waals surface area (Å²) in [6, 6.07) is 2.47. The van der Waals surface area contributed by atoms with E-state index < -0.39 is 46.2 Å². The maximum Gasteiger partial charge on any atom is 0.337 e. The van der Waals surface area contributed by atoms with Gasteiger partial charge in [-0.15, -0.1) is 0 Å². The Morgan fingerprint density at radius 3 is 2.52 bits per heavy atom. The summed E-state index contributed by atoms with van der Waals surface area (Å²) in [7, 11) is 1.15. The fourth-order valence-corrected chi connectivity index (χ4v) is 2.58. The van der Waals surface area contributed by atoms with E-state index in [0.717, 1.165) is 25.3 Å². The van der Waals surface area contributed by atoms with Crippen LogP contribution >= 0.6 is 0 Å².